The summed E-state index contributed by atoms with van der Waals surface area (Å²) >= 11 is 1.50. The van der Waals surface area contributed by atoms with E-state index in [0.29, 0.717) is 11.3 Å². The average Bonchev–Trinajstić information content (AvgIpc) is 3.32. The van der Waals surface area contributed by atoms with Crippen molar-refractivity contribution in [3.8, 4) is 10.6 Å². The monoisotopic (exact) mass is 428 g/mol. The van der Waals surface area contributed by atoms with Crippen molar-refractivity contribution in [1.82, 2.24) is 4.98 Å². The molecule has 0 saturated heterocycles. The zero-order valence-electron chi connectivity index (χ0n) is 16.9. The molecule has 31 heavy (non-hydrogen) atoms. The minimum absolute atomic E-state index is 0.0409. The van der Waals surface area contributed by atoms with E-state index in [4.69, 9.17) is 4.74 Å². The molecule has 0 atom stereocenters. The zero-order valence-corrected chi connectivity index (χ0v) is 17.7. The van der Waals surface area contributed by atoms with Crippen molar-refractivity contribution in [3.63, 3.8) is 0 Å². The van der Waals surface area contributed by atoms with Crippen molar-refractivity contribution in [2.24, 2.45) is 0 Å². The Morgan fingerprint density at radius 3 is 2.19 bits per heavy atom. The summed E-state index contributed by atoms with van der Waals surface area (Å²) in [6.07, 6.45) is 0. The topological polar surface area (TPSA) is 59.5 Å². The molecular weight excluding hydrogens is 408 g/mol. The fourth-order valence-corrected chi connectivity index (χ4v) is 3.91. The third-order valence-electron chi connectivity index (χ3n) is 4.75. The van der Waals surface area contributed by atoms with Gasteiger partial charge in [0.2, 0.25) is 0 Å². The predicted molar refractivity (Wildman–Crippen MR) is 122 cm³/mol. The Kier molecular flexibility index (Phi) is 6.19. The Labute approximate surface area is 184 Å². The minimum Gasteiger partial charge on any atom is -0.456 e. The number of rotatable bonds is 6. The van der Waals surface area contributed by atoms with Crippen molar-refractivity contribution in [1.29, 1.82) is 0 Å². The predicted octanol–water partition coefficient (Wildman–Crippen LogP) is 5.44. The van der Waals surface area contributed by atoms with E-state index in [1.165, 1.54) is 16.2 Å². The second-order valence-corrected chi connectivity index (χ2v) is 7.69. The molecule has 6 heteroatoms. The lowest BCUT2D eigenvalue weighted by Crippen LogP contribution is -2.28. The maximum Gasteiger partial charge on any atom is 0.339 e. The van der Waals surface area contributed by atoms with Gasteiger partial charge < -0.3 is 9.64 Å². The van der Waals surface area contributed by atoms with Crippen molar-refractivity contribution in [3.05, 3.63) is 107 Å². The van der Waals surface area contributed by atoms with Gasteiger partial charge in [0.05, 0.1) is 16.8 Å². The summed E-state index contributed by atoms with van der Waals surface area (Å²) in [5.41, 5.74) is 2.95. The number of carbonyl (C=O) groups is 2. The van der Waals surface area contributed by atoms with Crippen molar-refractivity contribution in [2.45, 2.75) is 6.61 Å². The molecule has 4 aromatic rings. The van der Waals surface area contributed by atoms with Gasteiger partial charge in [0.15, 0.2) is 0 Å². The first-order valence-corrected chi connectivity index (χ1v) is 10.6. The molecule has 5 nitrogen and oxygen atoms in total. The van der Waals surface area contributed by atoms with Gasteiger partial charge in [-0.05, 0) is 24.3 Å². The second kappa shape index (κ2) is 9.36. The van der Waals surface area contributed by atoms with Crippen molar-refractivity contribution >= 4 is 28.9 Å². The molecule has 1 aromatic heterocycles. The molecule has 0 aliphatic heterocycles. The summed E-state index contributed by atoms with van der Waals surface area (Å²) in [6, 6.07) is 25.8. The number of carbonyl (C=O) groups excluding carboxylic acids is 2. The molecule has 154 valence electrons. The summed E-state index contributed by atoms with van der Waals surface area (Å²) in [6.45, 7) is 0.0409. The first-order valence-electron chi connectivity index (χ1n) is 9.72. The van der Waals surface area contributed by atoms with E-state index in [2.05, 4.69) is 4.98 Å². The number of ether oxygens (including phenoxy) is 1. The van der Waals surface area contributed by atoms with Gasteiger partial charge in [-0.25, -0.2) is 9.78 Å². The van der Waals surface area contributed by atoms with Gasteiger partial charge in [-0.1, -0.05) is 60.7 Å². The number of hydrogen-bond acceptors (Lipinski definition) is 5. The fraction of sp³-hybridized carbons (Fsp3) is 0.0800. The van der Waals surface area contributed by atoms with Crippen LogP contribution in [0.1, 0.15) is 26.4 Å². The standard InChI is InChI=1S/C25H20N2O3S/c1-27(20-12-6-3-7-13-20)24(28)21-14-8-9-15-22(21)25(29)30-16-19-17-31-23(26-19)18-10-4-2-5-11-18/h2-15,17H,16H2,1H3. The van der Waals surface area contributed by atoms with Crippen LogP contribution in [-0.2, 0) is 11.3 Å². The summed E-state index contributed by atoms with van der Waals surface area (Å²) in [4.78, 5) is 31.8. The lowest BCUT2D eigenvalue weighted by Gasteiger charge is -2.18. The van der Waals surface area contributed by atoms with Crippen LogP contribution in [0.3, 0.4) is 0 Å². The molecule has 4 rings (SSSR count). The lowest BCUT2D eigenvalue weighted by molar-refractivity contribution is 0.0465. The summed E-state index contributed by atoms with van der Waals surface area (Å²) < 4.78 is 5.47. The Morgan fingerprint density at radius 1 is 0.871 bits per heavy atom. The first kappa shape index (κ1) is 20.5. The van der Waals surface area contributed by atoms with Crippen LogP contribution in [0.2, 0.25) is 0 Å². The molecule has 0 aliphatic carbocycles. The number of nitrogens with zero attached hydrogens (tertiary/aromatic N) is 2. The van der Waals surface area contributed by atoms with E-state index in [0.717, 1.165) is 16.3 Å². The van der Waals surface area contributed by atoms with Crippen LogP contribution >= 0.6 is 11.3 Å². The molecule has 1 amide bonds. The zero-order chi connectivity index (χ0) is 21.6. The number of esters is 1. The van der Waals surface area contributed by atoms with E-state index >= 15 is 0 Å². The first-order chi connectivity index (χ1) is 15.1. The summed E-state index contributed by atoms with van der Waals surface area (Å²) in [5.74, 6) is -0.835. The van der Waals surface area contributed by atoms with Crippen LogP contribution in [0.5, 0.6) is 0 Å². The SMILES string of the molecule is CN(C(=O)c1ccccc1C(=O)OCc1csc(-c2ccccc2)n1)c1ccccc1. The molecular formula is C25H20N2O3S. The van der Waals surface area contributed by atoms with E-state index in [1.54, 1.807) is 31.3 Å². The van der Waals surface area contributed by atoms with Crippen LogP contribution < -0.4 is 4.90 Å². The molecule has 1 heterocycles. The minimum atomic E-state index is -0.556. The third kappa shape index (κ3) is 4.70. The van der Waals surface area contributed by atoms with Crippen LogP contribution in [0, 0.1) is 0 Å². The molecule has 0 aliphatic rings. The van der Waals surface area contributed by atoms with Gasteiger partial charge in [0.25, 0.3) is 5.91 Å². The molecule has 0 spiro atoms. The van der Waals surface area contributed by atoms with E-state index in [-0.39, 0.29) is 18.1 Å². The van der Waals surface area contributed by atoms with Crippen molar-refractivity contribution < 1.29 is 14.3 Å². The Balaban J connectivity index is 1.47. The molecule has 0 unspecified atom stereocenters. The van der Waals surface area contributed by atoms with Crippen LogP contribution in [0.4, 0.5) is 5.69 Å². The highest BCUT2D eigenvalue weighted by atomic mass is 32.1. The Bertz CT molecular complexity index is 1190. The van der Waals surface area contributed by atoms with E-state index in [1.807, 2.05) is 66.0 Å². The molecule has 0 saturated carbocycles. The quantitative estimate of drug-likeness (QED) is 0.384. The Morgan fingerprint density at radius 2 is 1.48 bits per heavy atom. The number of para-hydroxylation sites is 1. The largest absolute Gasteiger partial charge is 0.456 e. The number of benzene rings is 3. The number of anilines is 1. The normalized spacial score (nSPS) is 10.5. The molecule has 0 N–H and O–H groups in total. The summed E-state index contributed by atoms with van der Waals surface area (Å²) in [7, 11) is 1.68. The smallest absolute Gasteiger partial charge is 0.339 e. The van der Waals surface area contributed by atoms with Gasteiger partial charge in [0, 0.05) is 23.7 Å². The number of thiazole rings is 1. The van der Waals surface area contributed by atoms with Crippen LogP contribution in [0.15, 0.2) is 90.3 Å². The highest BCUT2D eigenvalue weighted by Gasteiger charge is 2.21. The molecule has 3 aromatic carbocycles. The molecule has 0 radical (unpaired) electrons. The van der Waals surface area contributed by atoms with Gasteiger partial charge in [-0.15, -0.1) is 11.3 Å². The fourth-order valence-electron chi connectivity index (χ4n) is 3.10. The van der Waals surface area contributed by atoms with E-state index < -0.39 is 5.97 Å². The van der Waals surface area contributed by atoms with Gasteiger partial charge in [0.1, 0.15) is 11.6 Å². The van der Waals surface area contributed by atoms with Gasteiger partial charge in [-0.3, -0.25) is 4.79 Å². The highest BCUT2D eigenvalue weighted by molar-refractivity contribution is 7.13. The third-order valence-corrected chi connectivity index (χ3v) is 5.69. The average molecular weight is 429 g/mol. The van der Waals surface area contributed by atoms with Crippen LogP contribution in [0.25, 0.3) is 10.6 Å². The Hall–Kier alpha value is -3.77. The second-order valence-electron chi connectivity index (χ2n) is 6.83. The van der Waals surface area contributed by atoms with Crippen LogP contribution in [-0.4, -0.2) is 23.9 Å². The highest BCUT2D eigenvalue weighted by Crippen LogP contribution is 2.24. The molecule has 0 bridgehead atoms. The number of hydrogen-bond donors (Lipinski definition) is 0. The maximum absolute atomic E-state index is 13.0. The lowest BCUT2D eigenvalue weighted by atomic mass is 10.1. The van der Waals surface area contributed by atoms with E-state index in [9.17, 15) is 9.59 Å². The summed E-state index contributed by atoms with van der Waals surface area (Å²) in [5, 5.41) is 2.74. The number of aromatic nitrogens is 1. The van der Waals surface area contributed by atoms with Crippen molar-refractivity contribution in [2.75, 3.05) is 11.9 Å². The van der Waals surface area contributed by atoms with Gasteiger partial charge >= 0.3 is 5.97 Å². The molecule has 0 fully saturated rings. The maximum atomic E-state index is 13.0. The number of amides is 1. The van der Waals surface area contributed by atoms with Gasteiger partial charge in [-0.2, -0.15) is 0 Å².